The van der Waals surface area contributed by atoms with Gasteiger partial charge in [-0.2, -0.15) is 0 Å². The summed E-state index contributed by atoms with van der Waals surface area (Å²) in [6.07, 6.45) is 78.0. The zero-order chi connectivity index (χ0) is 54.3. The van der Waals surface area contributed by atoms with Crippen LogP contribution in [0.2, 0.25) is 0 Å². The molecule has 1 atom stereocenters. The van der Waals surface area contributed by atoms with E-state index in [0.29, 0.717) is 19.3 Å². The van der Waals surface area contributed by atoms with Gasteiger partial charge in [0.2, 0.25) is 0 Å². The van der Waals surface area contributed by atoms with Gasteiger partial charge in [-0.25, -0.2) is 0 Å². The summed E-state index contributed by atoms with van der Waals surface area (Å²) in [5.41, 5.74) is 0. The van der Waals surface area contributed by atoms with E-state index >= 15 is 0 Å². The van der Waals surface area contributed by atoms with Crippen molar-refractivity contribution < 1.29 is 28.6 Å². The first kappa shape index (κ1) is 72.9. The lowest BCUT2D eigenvalue weighted by molar-refractivity contribution is -0.167. The highest BCUT2D eigenvalue weighted by molar-refractivity contribution is 5.71. The van der Waals surface area contributed by atoms with Crippen LogP contribution in [0.4, 0.5) is 0 Å². The molecule has 0 aromatic carbocycles. The monoisotopic (exact) mass is 1050 g/mol. The van der Waals surface area contributed by atoms with Gasteiger partial charge in [0.1, 0.15) is 13.2 Å². The molecule has 0 aliphatic carbocycles. The van der Waals surface area contributed by atoms with Crippen LogP contribution in [0.3, 0.4) is 0 Å². The van der Waals surface area contributed by atoms with Crippen LogP contribution < -0.4 is 0 Å². The predicted octanol–water partition coefficient (Wildman–Crippen LogP) is 23.0. The molecule has 0 spiro atoms. The van der Waals surface area contributed by atoms with Crippen LogP contribution in [0.25, 0.3) is 0 Å². The Hall–Kier alpha value is -2.11. The summed E-state index contributed by atoms with van der Waals surface area (Å²) < 4.78 is 16.9. The Labute approximate surface area is 468 Å². The quantitative estimate of drug-likeness (QED) is 0.0261. The van der Waals surface area contributed by atoms with Gasteiger partial charge in [-0.15, -0.1) is 0 Å². The Bertz CT molecular complexity index is 1210. The van der Waals surface area contributed by atoms with Gasteiger partial charge < -0.3 is 14.2 Å². The van der Waals surface area contributed by atoms with Crippen molar-refractivity contribution in [1.29, 1.82) is 0 Å². The fourth-order valence-corrected chi connectivity index (χ4v) is 10.4. The molecule has 1 unspecified atom stereocenters. The Balaban J connectivity index is 4.03. The third-order valence-electron chi connectivity index (χ3n) is 15.5. The topological polar surface area (TPSA) is 78.9 Å². The molecule has 0 rings (SSSR count). The molecular weight excluding hydrogens is 925 g/mol. The predicted molar refractivity (Wildman–Crippen MR) is 326 cm³/mol. The average Bonchev–Trinajstić information content (AvgIpc) is 3.41. The van der Waals surface area contributed by atoms with E-state index in [1.807, 2.05) is 0 Å². The van der Waals surface area contributed by atoms with E-state index in [0.717, 1.165) is 70.6 Å². The van der Waals surface area contributed by atoms with Crippen molar-refractivity contribution in [3.63, 3.8) is 0 Å². The van der Waals surface area contributed by atoms with Crippen LogP contribution in [0, 0.1) is 0 Å². The highest BCUT2D eigenvalue weighted by atomic mass is 16.6. The van der Waals surface area contributed by atoms with Crippen LogP contribution >= 0.6 is 0 Å². The van der Waals surface area contributed by atoms with Crippen molar-refractivity contribution >= 4 is 17.9 Å². The first-order chi connectivity index (χ1) is 37.0. The maximum absolute atomic E-state index is 12.9. The van der Waals surface area contributed by atoms with Crippen molar-refractivity contribution in [2.24, 2.45) is 0 Å². The van der Waals surface area contributed by atoms with Gasteiger partial charge in [-0.3, -0.25) is 14.4 Å². The molecule has 0 fully saturated rings. The highest BCUT2D eigenvalue weighted by Gasteiger charge is 2.19. The molecule has 6 heteroatoms. The van der Waals surface area contributed by atoms with E-state index in [4.69, 9.17) is 14.2 Å². The lowest BCUT2D eigenvalue weighted by atomic mass is 10.0. The molecule has 0 heterocycles. The van der Waals surface area contributed by atoms with Crippen molar-refractivity contribution in [2.75, 3.05) is 13.2 Å². The molecule has 0 aliphatic heterocycles. The van der Waals surface area contributed by atoms with Crippen molar-refractivity contribution in [3.8, 4) is 0 Å². The summed E-state index contributed by atoms with van der Waals surface area (Å²) in [7, 11) is 0. The molecule has 0 aromatic heterocycles. The smallest absolute Gasteiger partial charge is 0.306 e. The molecule has 0 radical (unpaired) electrons. The number of hydrogen-bond acceptors (Lipinski definition) is 6. The summed E-state index contributed by atoms with van der Waals surface area (Å²) in [5.74, 6) is -0.855. The van der Waals surface area contributed by atoms with Crippen LogP contribution in [-0.2, 0) is 28.6 Å². The van der Waals surface area contributed by atoms with Gasteiger partial charge >= 0.3 is 17.9 Å². The second kappa shape index (κ2) is 64.4. The van der Waals surface area contributed by atoms with Gasteiger partial charge in [0.05, 0.1) is 0 Å². The lowest BCUT2D eigenvalue weighted by Crippen LogP contribution is -2.30. The molecule has 6 nitrogen and oxygen atoms in total. The third-order valence-corrected chi connectivity index (χ3v) is 15.5. The summed E-state index contributed by atoms with van der Waals surface area (Å²) in [4.78, 5) is 38.2. The standard InChI is InChI=1S/C69H130O6/c1-4-7-10-13-16-19-21-23-25-27-28-29-30-31-32-33-34-35-36-37-38-39-40-42-43-45-47-50-53-56-59-62-68(71)74-65-66(64-73-67(70)61-58-55-52-49-18-15-12-9-6-3)75-69(72)63-60-57-54-51-48-46-44-41-26-24-22-20-17-14-11-8-5-2/h17,20,24,26,66H,4-16,18-19,21-23,25,27-65H2,1-3H3/b20-17-,26-24-. The van der Waals surface area contributed by atoms with Crippen molar-refractivity contribution in [1.82, 2.24) is 0 Å². The van der Waals surface area contributed by atoms with E-state index in [1.165, 1.54) is 270 Å². The molecule has 0 bridgehead atoms. The average molecular weight is 1060 g/mol. The maximum Gasteiger partial charge on any atom is 0.306 e. The minimum absolute atomic E-state index is 0.0690. The number of esters is 3. The summed E-state index contributed by atoms with van der Waals surface area (Å²) >= 11 is 0. The molecule has 0 saturated heterocycles. The summed E-state index contributed by atoms with van der Waals surface area (Å²) in [6.45, 7) is 6.65. The largest absolute Gasteiger partial charge is 0.462 e. The van der Waals surface area contributed by atoms with Crippen LogP contribution in [0.15, 0.2) is 24.3 Å². The third kappa shape index (κ3) is 62.6. The molecule has 0 amide bonds. The molecule has 442 valence electrons. The van der Waals surface area contributed by atoms with E-state index < -0.39 is 6.10 Å². The number of hydrogen-bond donors (Lipinski definition) is 0. The number of unbranched alkanes of at least 4 members (excludes halogenated alkanes) is 48. The second-order valence-electron chi connectivity index (χ2n) is 23.1. The molecule has 0 aliphatic rings. The number of ether oxygens (including phenoxy) is 3. The highest BCUT2D eigenvalue weighted by Crippen LogP contribution is 2.19. The number of allylic oxidation sites excluding steroid dienone is 4. The van der Waals surface area contributed by atoms with E-state index in [1.54, 1.807) is 0 Å². The SMILES string of the molecule is CCCCC/C=C\C/C=C\CCCCCCCCCC(=O)OC(COC(=O)CCCCCCCCCCC)COC(=O)CCCCCCCCCCCCCCCCCCCCCCCCCCCCCCCCC. The zero-order valence-electron chi connectivity index (χ0n) is 50.8. The summed E-state index contributed by atoms with van der Waals surface area (Å²) in [6, 6.07) is 0. The Kier molecular flexibility index (Phi) is 62.6. The number of carbonyl (C=O) groups excluding carboxylic acids is 3. The minimum atomic E-state index is -0.771. The van der Waals surface area contributed by atoms with Crippen molar-refractivity contribution in [3.05, 3.63) is 24.3 Å². The second-order valence-corrected chi connectivity index (χ2v) is 23.1. The maximum atomic E-state index is 12.9. The first-order valence-electron chi connectivity index (χ1n) is 33.8. The minimum Gasteiger partial charge on any atom is -0.462 e. The summed E-state index contributed by atoms with van der Waals surface area (Å²) in [5, 5.41) is 0. The van der Waals surface area contributed by atoms with E-state index in [-0.39, 0.29) is 31.1 Å². The fourth-order valence-electron chi connectivity index (χ4n) is 10.4. The van der Waals surface area contributed by atoms with Gasteiger partial charge in [-0.1, -0.05) is 334 Å². The Morgan fingerprint density at radius 2 is 0.480 bits per heavy atom. The zero-order valence-corrected chi connectivity index (χ0v) is 50.8. The van der Waals surface area contributed by atoms with Crippen LogP contribution in [-0.4, -0.2) is 37.2 Å². The lowest BCUT2D eigenvalue weighted by Gasteiger charge is -2.18. The van der Waals surface area contributed by atoms with Gasteiger partial charge in [-0.05, 0) is 51.4 Å². The Morgan fingerprint density at radius 3 is 0.760 bits per heavy atom. The van der Waals surface area contributed by atoms with E-state index in [2.05, 4.69) is 45.1 Å². The molecule has 75 heavy (non-hydrogen) atoms. The number of carbonyl (C=O) groups is 3. The van der Waals surface area contributed by atoms with Gasteiger partial charge in [0.15, 0.2) is 6.10 Å². The molecule has 0 N–H and O–H groups in total. The molecule has 0 aromatic rings. The van der Waals surface area contributed by atoms with Gasteiger partial charge in [0, 0.05) is 19.3 Å². The van der Waals surface area contributed by atoms with Crippen LogP contribution in [0.1, 0.15) is 380 Å². The van der Waals surface area contributed by atoms with Crippen LogP contribution in [0.5, 0.6) is 0 Å². The first-order valence-corrected chi connectivity index (χ1v) is 33.8. The number of rotatable bonds is 63. The normalized spacial score (nSPS) is 12.1. The Morgan fingerprint density at radius 1 is 0.267 bits per heavy atom. The van der Waals surface area contributed by atoms with Gasteiger partial charge in [0.25, 0.3) is 0 Å². The fraction of sp³-hybridized carbons (Fsp3) is 0.899. The molecular formula is C69H130O6. The molecule has 0 saturated carbocycles. The van der Waals surface area contributed by atoms with Crippen molar-refractivity contribution in [2.45, 2.75) is 386 Å². The van der Waals surface area contributed by atoms with E-state index in [9.17, 15) is 14.4 Å².